The van der Waals surface area contributed by atoms with Gasteiger partial charge >= 0.3 is 7.60 Å². The number of imidazole rings is 1. The lowest BCUT2D eigenvalue weighted by atomic mass is 10.1. The molecule has 10 nitrogen and oxygen atoms in total. The van der Waals surface area contributed by atoms with Gasteiger partial charge < -0.3 is 29.2 Å². The summed E-state index contributed by atoms with van der Waals surface area (Å²) in [6.07, 6.45) is 12.8. The van der Waals surface area contributed by atoms with Crippen molar-refractivity contribution in [3.05, 3.63) is 48.3 Å². The van der Waals surface area contributed by atoms with Crippen LogP contribution in [-0.4, -0.2) is 56.7 Å². The molecule has 12 heteroatoms. The molecule has 0 saturated carbocycles. The van der Waals surface area contributed by atoms with Crippen molar-refractivity contribution >= 4 is 24.6 Å². The van der Waals surface area contributed by atoms with E-state index in [9.17, 15) is 13.8 Å². The first-order valence-corrected chi connectivity index (χ1v) is 16.4. The molecule has 42 heavy (non-hydrogen) atoms. The van der Waals surface area contributed by atoms with Gasteiger partial charge in [0.05, 0.1) is 25.6 Å². The van der Waals surface area contributed by atoms with E-state index in [1.807, 2.05) is 6.07 Å². The number of ether oxygens (including phenoxy) is 2. The van der Waals surface area contributed by atoms with Crippen LogP contribution in [0.25, 0.3) is 11.2 Å². The Bertz CT molecular complexity index is 1330. The molecule has 3 N–H and O–H groups in total. The SMILES string of the molecule is C[C@H](Cn1cnc2c(N)ncnc21)OCP(=O)(O)OCCCOCCCCCCCCCCC#Cc1cccc(F)c1. The highest BCUT2D eigenvalue weighted by atomic mass is 31.2. The zero-order valence-corrected chi connectivity index (χ0v) is 25.3. The van der Waals surface area contributed by atoms with Crippen LogP contribution in [-0.2, 0) is 25.1 Å². The largest absolute Gasteiger partial charge is 0.382 e. The summed E-state index contributed by atoms with van der Waals surface area (Å²) in [5.41, 5.74) is 7.62. The van der Waals surface area contributed by atoms with Crippen molar-refractivity contribution in [2.75, 3.05) is 31.9 Å². The monoisotopic (exact) mass is 603 g/mol. The van der Waals surface area contributed by atoms with Crippen LogP contribution in [0.1, 0.15) is 76.7 Å². The summed E-state index contributed by atoms with van der Waals surface area (Å²) < 4.78 is 43.5. The molecule has 0 fully saturated rings. The number of unbranched alkanes of at least 4 members (excludes halogenated alkanes) is 8. The molecule has 1 aromatic carbocycles. The Kier molecular flexibility index (Phi) is 14.9. The Morgan fingerprint density at radius 2 is 1.76 bits per heavy atom. The molecule has 0 spiro atoms. The molecule has 2 aromatic heterocycles. The van der Waals surface area contributed by atoms with Crippen LogP contribution in [0.3, 0.4) is 0 Å². The Balaban J connectivity index is 1.10. The van der Waals surface area contributed by atoms with Gasteiger partial charge in [-0.3, -0.25) is 4.57 Å². The number of nitrogens with two attached hydrogens (primary N) is 1. The maximum Gasteiger partial charge on any atom is 0.353 e. The molecule has 2 heterocycles. The third kappa shape index (κ3) is 13.0. The second-order valence-corrected chi connectivity index (χ2v) is 12.1. The predicted octanol–water partition coefficient (Wildman–Crippen LogP) is 6.08. The van der Waals surface area contributed by atoms with Crippen molar-refractivity contribution < 1.29 is 27.8 Å². The van der Waals surface area contributed by atoms with Crippen LogP contribution in [0.5, 0.6) is 0 Å². The van der Waals surface area contributed by atoms with Crippen LogP contribution < -0.4 is 5.73 Å². The summed E-state index contributed by atoms with van der Waals surface area (Å²) in [5, 5.41) is 0. The van der Waals surface area contributed by atoms with Gasteiger partial charge in [0.2, 0.25) is 0 Å². The van der Waals surface area contributed by atoms with Crippen LogP contribution in [0.4, 0.5) is 10.2 Å². The normalized spacial score (nSPS) is 13.5. The Morgan fingerprint density at radius 3 is 2.55 bits per heavy atom. The number of aromatic nitrogens is 4. The average Bonchev–Trinajstić information content (AvgIpc) is 3.37. The smallest absolute Gasteiger partial charge is 0.353 e. The summed E-state index contributed by atoms with van der Waals surface area (Å²) in [6, 6.07) is 6.40. The highest BCUT2D eigenvalue weighted by molar-refractivity contribution is 7.52. The lowest BCUT2D eigenvalue weighted by Crippen LogP contribution is -2.17. The van der Waals surface area contributed by atoms with Gasteiger partial charge in [-0.1, -0.05) is 56.4 Å². The molecule has 2 atom stereocenters. The molecular formula is C30H43FN5O5P. The number of hydrogen-bond donors (Lipinski definition) is 2. The Labute approximate surface area is 247 Å². The van der Waals surface area contributed by atoms with Gasteiger partial charge in [-0.15, -0.1) is 0 Å². The third-order valence-electron chi connectivity index (χ3n) is 6.53. The molecule has 0 bridgehead atoms. The van der Waals surface area contributed by atoms with E-state index in [1.165, 1.54) is 50.6 Å². The molecule has 0 amide bonds. The summed E-state index contributed by atoms with van der Waals surface area (Å²) >= 11 is 0. The van der Waals surface area contributed by atoms with E-state index in [0.717, 1.165) is 31.2 Å². The van der Waals surface area contributed by atoms with E-state index < -0.39 is 13.9 Å². The lowest BCUT2D eigenvalue weighted by Gasteiger charge is -2.17. The van der Waals surface area contributed by atoms with Gasteiger partial charge in [-0.2, -0.15) is 0 Å². The maximum absolute atomic E-state index is 13.1. The quantitative estimate of drug-likeness (QED) is 0.0895. The molecule has 0 saturated heterocycles. The number of rotatable bonds is 20. The van der Waals surface area contributed by atoms with Gasteiger partial charge in [0.15, 0.2) is 11.5 Å². The zero-order valence-electron chi connectivity index (χ0n) is 24.4. The molecule has 0 aliphatic heterocycles. The summed E-state index contributed by atoms with van der Waals surface area (Å²) in [5.74, 6) is 6.19. The molecule has 0 radical (unpaired) electrons. The Morgan fingerprint density at radius 1 is 1.02 bits per heavy atom. The number of fused-ring (bicyclic) bond motifs is 1. The van der Waals surface area contributed by atoms with Crippen molar-refractivity contribution in [3.8, 4) is 11.8 Å². The van der Waals surface area contributed by atoms with E-state index in [2.05, 4.69) is 26.8 Å². The van der Waals surface area contributed by atoms with Crippen molar-refractivity contribution in [2.24, 2.45) is 0 Å². The minimum absolute atomic E-state index is 0.129. The van der Waals surface area contributed by atoms with Crippen LogP contribution >= 0.6 is 7.60 Å². The van der Waals surface area contributed by atoms with Gasteiger partial charge in [-0.05, 0) is 44.4 Å². The third-order valence-corrected chi connectivity index (χ3v) is 7.59. The van der Waals surface area contributed by atoms with Gasteiger partial charge in [0, 0.05) is 25.2 Å². The highest BCUT2D eigenvalue weighted by Gasteiger charge is 2.21. The average molecular weight is 604 g/mol. The molecule has 0 aliphatic carbocycles. The van der Waals surface area contributed by atoms with Crippen molar-refractivity contribution in [3.63, 3.8) is 0 Å². The van der Waals surface area contributed by atoms with E-state index in [-0.39, 0.29) is 18.5 Å². The van der Waals surface area contributed by atoms with E-state index in [1.54, 1.807) is 23.9 Å². The highest BCUT2D eigenvalue weighted by Crippen LogP contribution is 2.42. The first-order valence-electron chi connectivity index (χ1n) is 14.7. The summed E-state index contributed by atoms with van der Waals surface area (Å²) in [7, 11) is -3.86. The molecule has 0 aliphatic rings. The van der Waals surface area contributed by atoms with Gasteiger partial charge in [-0.25, -0.2) is 19.3 Å². The topological polar surface area (TPSA) is 135 Å². The second kappa shape index (κ2) is 18.6. The van der Waals surface area contributed by atoms with Crippen molar-refractivity contribution in [2.45, 2.75) is 83.8 Å². The molecule has 230 valence electrons. The number of nitrogen functional groups attached to an aromatic ring is 1. The molecule has 3 rings (SSSR count). The van der Waals surface area contributed by atoms with E-state index in [0.29, 0.717) is 43.2 Å². The predicted molar refractivity (Wildman–Crippen MR) is 161 cm³/mol. The molecular weight excluding hydrogens is 560 g/mol. The number of nitrogens with zero attached hydrogens (tertiary/aromatic N) is 4. The van der Waals surface area contributed by atoms with Crippen LogP contribution in [0.2, 0.25) is 0 Å². The fraction of sp³-hybridized carbons (Fsp3) is 0.567. The maximum atomic E-state index is 13.1. The standard InChI is InChI=1S/C30H43FN5O5P/c1-25(21-36-23-35-28-29(32)33-22-34-30(28)36)40-24-42(37,38)41-19-13-18-39-17-11-9-7-5-3-2-4-6-8-10-14-26-15-12-16-27(31)20-26/h12,15-16,20,22-23,25H,2-9,11,13,17-19,21,24H2,1H3,(H,37,38)(H2,32,33,34)/t25-/m1/s1. The van der Waals surface area contributed by atoms with Crippen LogP contribution in [0, 0.1) is 17.7 Å². The lowest BCUT2D eigenvalue weighted by molar-refractivity contribution is 0.0688. The number of halogens is 1. The second-order valence-electron chi connectivity index (χ2n) is 10.3. The number of anilines is 1. The van der Waals surface area contributed by atoms with Gasteiger partial charge in [0.25, 0.3) is 0 Å². The number of hydrogen-bond acceptors (Lipinski definition) is 8. The fourth-order valence-electron chi connectivity index (χ4n) is 4.30. The zero-order chi connectivity index (χ0) is 30.0. The van der Waals surface area contributed by atoms with Crippen molar-refractivity contribution in [1.82, 2.24) is 19.5 Å². The fourth-order valence-corrected chi connectivity index (χ4v) is 5.23. The first-order chi connectivity index (χ1) is 20.3. The summed E-state index contributed by atoms with van der Waals surface area (Å²) in [6.45, 7) is 3.47. The minimum atomic E-state index is -3.86. The molecule has 3 aromatic rings. The van der Waals surface area contributed by atoms with Crippen LogP contribution in [0.15, 0.2) is 36.9 Å². The minimum Gasteiger partial charge on any atom is -0.382 e. The molecule has 1 unspecified atom stereocenters. The van der Waals surface area contributed by atoms with Gasteiger partial charge in [0.1, 0.15) is 24.0 Å². The first kappa shape index (κ1) is 33.6. The van der Waals surface area contributed by atoms with E-state index in [4.69, 9.17) is 19.7 Å². The van der Waals surface area contributed by atoms with E-state index >= 15 is 0 Å². The summed E-state index contributed by atoms with van der Waals surface area (Å²) in [4.78, 5) is 22.4. The Hall–Kier alpha value is -2.87. The number of benzene rings is 1. The van der Waals surface area contributed by atoms with Crippen molar-refractivity contribution in [1.29, 1.82) is 0 Å².